The van der Waals surface area contributed by atoms with E-state index in [1.165, 1.54) is 0 Å². The molecule has 0 aliphatic carbocycles. The molecule has 0 aliphatic heterocycles. The molecule has 0 bridgehead atoms. The Hall–Kier alpha value is -1.89. The Morgan fingerprint density at radius 3 is 2.52 bits per heavy atom. The molecular weight excluding hydrogens is 360 g/mol. The number of benzene rings is 2. The van der Waals surface area contributed by atoms with Crippen LogP contribution in [0.25, 0.3) is 0 Å². The molecule has 25 heavy (non-hydrogen) atoms. The molecule has 0 aromatic heterocycles. The van der Waals surface area contributed by atoms with E-state index in [9.17, 15) is 13.2 Å². The minimum atomic E-state index is -3.63. The number of aryl methyl sites for hydroxylation is 2. The van der Waals surface area contributed by atoms with Crippen molar-refractivity contribution in [2.45, 2.75) is 31.7 Å². The van der Waals surface area contributed by atoms with Crippen LogP contribution in [-0.4, -0.2) is 20.9 Å². The molecule has 2 N–H and O–H groups in total. The van der Waals surface area contributed by atoms with Crippen LogP contribution < -0.4 is 10.0 Å². The number of rotatable bonds is 7. The lowest BCUT2D eigenvalue weighted by Gasteiger charge is -2.10. The summed E-state index contributed by atoms with van der Waals surface area (Å²) in [7, 11) is -3.63. The van der Waals surface area contributed by atoms with Gasteiger partial charge in [0, 0.05) is 24.5 Å². The SMILES string of the molecule is Cc1ccc(S(=O)(=O)NCCC(=O)NCc2ccccc2Cl)c(C)c1. The van der Waals surface area contributed by atoms with Crippen molar-refractivity contribution >= 4 is 27.5 Å². The van der Waals surface area contributed by atoms with E-state index >= 15 is 0 Å². The quantitative estimate of drug-likeness (QED) is 0.775. The van der Waals surface area contributed by atoms with E-state index in [1.807, 2.05) is 31.2 Å². The second kappa shape index (κ2) is 8.47. The van der Waals surface area contributed by atoms with Crippen molar-refractivity contribution < 1.29 is 13.2 Å². The van der Waals surface area contributed by atoms with Crippen LogP contribution in [-0.2, 0) is 21.4 Å². The maximum Gasteiger partial charge on any atom is 0.240 e. The fraction of sp³-hybridized carbons (Fsp3) is 0.278. The molecule has 0 heterocycles. The van der Waals surface area contributed by atoms with Crippen LogP contribution in [0, 0.1) is 13.8 Å². The molecule has 0 atom stereocenters. The van der Waals surface area contributed by atoms with Gasteiger partial charge in [0.1, 0.15) is 0 Å². The van der Waals surface area contributed by atoms with E-state index in [-0.39, 0.29) is 23.8 Å². The Bertz CT molecular complexity index is 866. The third-order valence-electron chi connectivity index (χ3n) is 3.70. The highest BCUT2D eigenvalue weighted by Crippen LogP contribution is 2.16. The smallest absolute Gasteiger partial charge is 0.240 e. The van der Waals surface area contributed by atoms with Gasteiger partial charge in [-0.1, -0.05) is 47.5 Å². The van der Waals surface area contributed by atoms with Crippen molar-refractivity contribution in [1.29, 1.82) is 0 Å². The minimum Gasteiger partial charge on any atom is -0.352 e. The van der Waals surface area contributed by atoms with E-state index in [0.29, 0.717) is 17.1 Å². The van der Waals surface area contributed by atoms with E-state index < -0.39 is 10.0 Å². The first-order chi connectivity index (χ1) is 11.8. The Morgan fingerprint density at radius 1 is 1.12 bits per heavy atom. The third-order valence-corrected chi connectivity index (χ3v) is 5.69. The number of nitrogens with one attached hydrogen (secondary N) is 2. The zero-order chi connectivity index (χ0) is 18.4. The monoisotopic (exact) mass is 380 g/mol. The van der Waals surface area contributed by atoms with Gasteiger partial charge >= 0.3 is 0 Å². The molecule has 2 aromatic carbocycles. The highest BCUT2D eigenvalue weighted by Gasteiger charge is 2.16. The van der Waals surface area contributed by atoms with Gasteiger partial charge in [-0.2, -0.15) is 0 Å². The molecule has 0 aliphatic rings. The first-order valence-corrected chi connectivity index (χ1v) is 9.73. The van der Waals surface area contributed by atoms with Gasteiger partial charge in [-0.05, 0) is 37.1 Å². The largest absolute Gasteiger partial charge is 0.352 e. The lowest BCUT2D eigenvalue weighted by atomic mass is 10.2. The zero-order valence-electron chi connectivity index (χ0n) is 14.2. The van der Waals surface area contributed by atoms with Crippen molar-refractivity contribution in [3.63, 3.8) is 0 Å². The summed E-state index contributed by atoms with van der Waals surface area (Å²) in [6.07, 6.45) is 0.0502. The van der Waals surface area contributed by atoms with Crippen molar-refractivity contribution in [3.8, 4) is 0 Å². The summed E-state index contributed by atoms with van der Waals surface area (Å²) in [6, 6.07) is 12.4. The number of hydrogen-bond acceptors (Lipinski definition) is 3. The predicted molar refractivity (Wildman–Crippen MR) is 99.0 cm³/mol. The van der Waals surface area contributed by atoms with Gasteiger partial charge in [0.2, 0.25) is 15.9 Å². The second-order valence-corrected chi connectivity index (χ2v) is 7.93. The number of carbonyl (C=O) groups is 1. The molecule has 0 fully saturated rings. The average Bonchev–Trinajstić information content (AvgIpc) is 2.53. The van der Waals surface area contributed by atoms with Crippen molar-refractivity contribution in [3.05, 3.63) is 64.2 Å². The van der Waals surface area contributed by atoms with Gasteiger partial charge in [0.15, 0.2) is 0 Å². The van der Waals surface area contributed by atoms with E-state index in [2.05, 4.69) is 10.0 Å². The van der Waals surface area contributed by atoms with Crippen LogP contribution in [0.5, 0.6) is 0 Å². The zero-order valence-corrected chi connectivity index (χ0v) is 15.7. The highest BCUT2D eigenvalue weighted by atomic mass is 35.5. The summed E-state index contributed by atoms with van der Waals surface area (Å²) in [5.74, 6) is -0.247. The topological polar surface area (TPSA) is 75.3 Å². The Labute approximate surface area is 153 Å². The molecule has 2 aromatic rings. The first kappa shape index (κ1) is 19.4. The molecule has 5 nitrogen and oxygen atoms in total. The van der Waals surface area contributed by atoms with Gasteiger partial charge < -0.3 is 5.32 Å². The van der Waals surface area contributed by atoms with Gasteiger partial charge in [-0.25, -0.2) is 13.1 Å². The van der Waals surface area contributed by atoms with Gasteiger partial charge in [0.05, 0.1) is 4.90 Å². The minimum absolute atomic E-state index is 0.0318. The summed E-state index contributed by atoms with van der Waals surface area (Å²) >= 11 is 6.02. The molecule has 7 heteroatoms. The van der Waals surface area contributed by atoms with Crippen LogP contribution in [0.3, 0.4) is 0 Å². The second-order valence-electron chi connectivity index (χ2n) is 5.78. The summed E-state index contributed by atoms with van der Waals surface area (Å²) in [6.45, 7) is 3.99. The molecule has 2 rings (SSSR count). The molecule has 0 unspecified atom stereocenters. The molecule has 1 amide bonds. The molecular formula is C18H21ClN2O3S. The maximum atomic E-state index is 12.3. The normalized spacial score (nSPS) is 11.3. The molecule has 0 saturated carbocycles. The van der Waals surface area contributed by atoms with Crippen LogP contribution in [0.4, 0.5) is 0 Å². The Kier molecular flexibility index (Phi) is 6.58. The predicted octanol–water partition coefficient (Wildman–Crippen LogP) is 2.94. The first-order valence-electron chi connectivity index (χ1n) is 7.86. The summed E-state index contributed by atoms with van der Waals surface area (Å²) in [4.78, 5) is 12.1. The van der Waals surface area contributed by atoms with Crippen LogP contribution >= 0.6 is 11.6 Å². The Morgan fingerprint density at radius 2 is 1.84 bits per heavy atom. The summed E-state index contributed by atoms with van der Waals surface area (Å²) < 4.78 is 27.1. The number of halogens is 1. The standard InChI is InChI=1S/C18H21ClN2O3S/c1-13-7-8-17(14(2)11-13)25(23,24)21-10-9-18(22)20-12-15-5-3-4-6-16(15)19/h3-8,11,21H,9-10,12H2,1-2H3,(H,20,22). The van der Waals surface area contributed by atoms with Gasteiger partial charge in [0.25, 0.3) is 0 Å². The Balaban J connectivity index is 1.85. The lowest BCUT2D eigenvalue weighted by Crippen LogP contribution is -2.31. The number of amides is 1. The summed E-state index contributed by atoms with van der Waals surface area (Å²) in [5.41, 5.74) is 2.49. The average molecular weight is 381 g/mol. The van der Waals surface area contributed by atoms with Crippen LogP contribution in [0.2, 0.25) is 5.02 Å². The number of hydrogen-bond donors (Lipinski definition) is 2. The van der Waals surface area contributed by atoms with E-state index in [1.54, 1.807) is 25.1 Å². The maximum absolute atomic E-state index is 12.3. The highest BCUT2D eigenvalue weighted by molar-refractivity contribution is 7.89. The molecule has 0 spiro atoms. The van der Waals surface area contributed by atoms with Gasteiger partial charge in [-0.15, -0.1) is 0 Å². The number of sulfonamides is 1. The van der Waals surface area contributed by atoms with Crippen LogP contribution in [0.15, 0.2) is 47.4 Å². The number of carbonyl (C=O) groups excluding carboxylic acids is 1. The van der Waals surface area contributed by atoms with E-state index in [4.69, 9.17) is 11.6 Å². The van der Waals surface area contributed by atoms with Crippen LogP contribution in [0.1, 0.15) is 23.1 Å². The van der Waals surface area contributed by atoms with Crippen molar-refractivity contribution in [1.82, 2.24) is 10.0 Å². The van der Waals surface area contributed by atoms with Gasteiger partial charge in [-0.3, -0.25) is 4.79 Å². The summed E-state index contributed by atoms with van der Waals surface area (Å²) in [5, 5.41) is 3.31. The lowest BCUT2D eigenvalue weighted by molar-refractivity contribution is -0.121. The van der Waals surface area contributed by atoms with Crippen molar-refractivity contribution in [2.75, 3.05) is 6.54 Å². The molecule has 0 radical (unpaired) electrons. The fourth-order valence-corrected chi connectivity index (χ4v) is 3.86. The van der Waals surface area contributed by atoms with E-state index in [0.717, 1.165) is 11.1 Å². The third kappa shape index (κ3) is 5.56. The molecule has 134 valence electrons. The molecule has 0 saturated heterocycles. The fourth-order valence-electron chi connectivity index (χ4n) is 2.40. The van der Waals surface area contributed by atoms with Crippen molar-refractivity contribution in [2.24, 2.45) is 0 Å².